The zero-order valence-corrected chi connectivity index (χ0v) is 11.8. The summed E-state index contributed by atoms with van der Waals surface area (Å²) in [5.74, 6) is -2.92. The highest BCUT2D eigenvalue weighted by Crippen LogP contribution is 2.37. The second-order valence-corrected chi connectivity index (χ2v) is 5.85. The monoisotopic (exact) mass is 306 g/mol. The fourth-order valence-electron chi connectivity index (χ4n) is 2.37. The standard InChI is InChI=1S/C14H14Cl2F2O/c15-11-1-2-12(16)10(7-11)8-13(19)9-3-5-14(17,18)6-4-9/h1-2,7,9H,3-6,8H2. The summed E-state index contributed by atoms with van der Waals surface area (Å²) in [6.07, 6.45) is 0.267. The van der Waals surface area contributed by atoms with Crippen LogP contribution in [0.4, 0.5) is 8.78 Å². The minimum Gasteiger partial charge on any atom is -0.299 e. The zero-order chi connectivity index (χ0) is 14.0. The number of hydrogen-bond acceptors (Lipinski definition) is 1. The van der Waals surface area contributed by atoms with Crippen LogP contribution in [0.15, 0.2) is 18.2 Å². The predicted octanol–water partition coefficient (Wildman–Crippen LogP) is 4.93. The third-order valence-electron chi connectivity index (χ3n) is 3.54. The Kier molecular flexibility index (Phi) is 4.46. The number of ketones is 1. The van der Waals surface area contributed by atoms with Crippen LogP contribution in [-0.2, 0) is 11.2 Å². The Morgan fingerprint density at radius 1 is 1.26 bits per heavy atom. The number of hydrogen-bond donors (Lipinski definition) is 0. The third-order valence-corrected chi connectivity index (χ3v) is 4.15. The minimum absolute atomic E-state index is 0.0281. The number of carbonyl (C=O) groups is 1. The average Bonchev–Trinajstić information content (AvgIpc) is 2.33. The first-order chi connectivity index (χ1) is 8.87. The summed E-state index contributed by atoms with van der Waals surface area (Å²) in [6, 6.07) is 4.94. The molecule has 104 valence electrons. The van der Waals surface area contributed by atoms with Crippen LogP contribution in [0.2, 0.25) is 10.0 Å². The SMILES string of the molecule is O=C(Cc1cc(Cl)ccc1Cl)C1CCC(F)(F)CC1. The van der Waals surface area contributed by atoms with E-state index < -0.39 is 5.92 Å². The van der Waals surface area contributed by atoms with Crippen molar-refractivity contribution in [3.63, 3.8) is 0 Å². The maximum absolute atomic E-state index is 13.0. The minimum atomic E-state index is -2.61. The van der Waals surface area contributed by atoms with Gasteiger partial charge in [0.15, 0.2) is 0 Å². The lowest BCUT2D eigenvalue weighted by Crippen LogP contribution is -2.29. The lowest BCUT2D eigenvalue weighted by molar-refractivity contribution is -0.126. The smallest absolute Gasteiger partial charge is 0.248 e. The number of Topliss-reactive ketones (excluding diaryl/α,β-unsaturated/α-hetero) is 1. The topological polar surface area (TPSA) is 17.1 Å². The molecule has 0 N–H and O–H groups in total. The first kappa shape index (κ1) is 14.7. The summed E-state index contributed by atoms with van der Waals surface area (Å²) in [6.45, 7) is 0. The maximum atomic E-state index is 13.0. The lowest BCUT2D eigenvalue weighted by Gasteiger charge is -2.27. The molecule has 0 bridgehead atoms. The molecule has 0 saturated heterocycles. The van der Waals surface area contributed by atoms with Crippen LogP contribution in [0.3, 0.4) is 0 Å². The van der Waals surface area contributed by atoms with Crippen LogP contribution in [0.1, 0.15) is 31.2 Å². The van der Waals surface area contributed by atoms with Gasteiger partial charge in [-0.25, -0.2) is 8.78 Å². The van der Waals surface area contributed by atoms with Gasteiger partial charge in [-0.2, -0.15) is 0 Å². The van der Waals surface area contributed by atoms with Gasteiger partial charge in [-0.1, -0.05) is 23.2 Å². The molecule has 0 radical (unpaired) electrons. The van der Waals surface area contributed by atoms with E-state index >= 15 is 0 Å². The zero-order valence-electron chi connectivity index (χ0n) is 10.3. The highest BCUT2D eigenvalue weighted by atomic mass is 35.5. The quantitative estimate of drug-likeness (QED) is 0.774. The second kappa shape index (κ2) is 5.76. The summed E-state index contributed by atoms with van der Waals surface area (Å²) in [7, 11) is 0. The molecule has 1 aromatic rings. The van der Waals surface area contributed by atoms with Crippen molar-refractivity contribution >= 4 is 29.0 Å². The van der Waals surface area contributed by atoms with E-state index in [1.165, 1.54) is 0 Å². The van der Waals surface area contributed by atoms with Crippen molar-refractivity contribution in [3.05, 3.63) is 33.8 Å². The molecule has 1 aliphatic carbocycles. The number of rotatable bonds is 3. The molecular formula is C14H14Cl2F2O. The van der Waals surface area contributed by atoms with Crippen LogP contribution in [0.5, 0.6) is 0 Å². The van der Waals surface area contributed by atoms with Gasteiger partial charge in [0.2, 0.25) is 5.92 Å². The van der Waals surface area contributed by atoms with E-state index in [1.54, 1.807) is 18.2 Å². The first-order valence-corrected chi connectivity index (χ1v) is 6.97. The molecule has 5 heteroatoms. The van der Waals surface area contributed by atoms with Gasteiger partial charge in [-0.3, -0.25) is 4.79 Å². The molecule has 1 aliphatic rings. The Hall–Kier alpha value is -0.670. The molecule has 1 fully saturated rings. The normalized spacial score (nSPS) is 19.4. The van der Waals surface area contributed by atoms with E-state index in [-0.39, 0.29) is 43.8 Å². The van der Waals surface area contributed by atoms with E-state index in [4.69, 9.17) is 23.2 Å². The third kappa shape index (κ3) is 3.90. The van der Waals surface area contributed by atoms with Gasteiger partial charge in [0, 0.05) is 35.2 Å². The Bertz CT molecular complexity index is 478. The van der Waals surface area contributed by atoms with E-state index in [1.807, 2.05) is 0 Å². The van der Waals surface area contributed by atoms with Crippen molar-refractivity contribution in [1.29, 1.82) is 0 Å². The van der Waals surface area contributed by atoms with E-state index in [0.29, 0.717) is 15.6 Å². The van der Waals surface area contributed by atoms with E-state index in [2.05, 4.69) is 0 Å². The van der Waals surface area contributed by atoms with Crippen molar-refractivity contribution in [2.75, 3.05) is 0 Å². The predicted molar refractivity (Wildman–Crippen MR) is 72.1 cm³/mol. The Morgan fingerprint density at radius 2 is 1.89 bits per heavy atom. The first-order valence-electron chi connectivity index (χ1n) is 6.22. The van der Waals surface area contributed by atoms with E-state index in [9.17, 15) is 13.6 Å². The van der Waals surface area contributed by atoms with Gasteiger partial charge in [-0.05, 0) is 36.6 Å². The van der Waals surface area contributed by atoms with Gasteiger partial charge in [0.1, 0.15) is 5.78 Å². The summed E-state index contributed by atoms with van der Waals surface area (Å²) in [5, 5.41) is 1.00. The van der Waals surface area contributed by atoms with Gasteiger partial charge in [0.25, 0.3) is 0 Å². The fraction of sp³-hybridized carbons (Fsp3) is 0.500. The van der Waals surface area contributed by atoms with Crippen molar-refractivity contribution in [1.82, 2.24) is 0 Å². The molecule has 1 saturated carbocycles. The molecule has 0 unspecified atom stereocenters. The second-order valence-electron chi connectivity index (χ2n) is 5.01. The molecule has 0 amide bonds. The van der Waals surface area contributed by atoms with Crippen LogP contribution >= 0.6 is 23.2 Å². The van der Waals surface area contributed by atoms with Crippen molar-refractivity contribution in [2.45, 2.75) is 38.0 Å². The Balaban J connectivity index is 2.00. The van der Waals surface area contributed by atoms with Crippen LogP contribution in [-0.4, -0.2) is 11.7 Å². The summed E-state index contributed by atoms with van der Waals surface area (Å²) in [4.78, 5) is 12.1. The largest absolute Gasteiger partial charge is 0.299 e. The lowest BCUT2D eigenvalue weighted by atomic mass is 9.82. The Morgan fingerprint density at radius 3 is 2.53 bits per heavy atom. The van der Waals surface area contributed by atoms with Gasteiger partial charge < -0.3 is 0 Å². The number of alkyl halides is 2. The fourth-order valence-corrected chi connectivity index (χ4v) is 2.75. The van der Waals surface area contributed by atoms with Crippen molar-refractivity contribution < 1.29 is 13.6 Å². The molecular weight excluding hydrogens is 293 g/mol. The van der Waals surface area contributed by atoms with Crippen LogP contribution in [0.25, 0.3) is 0 Å². The molecule has 0 aliphatic heterocycles. The van der Waals surface area contributed by atoms with Crippen LogP contribution in [0, 0.1) is 5.92 Å². The van der Waals surface area contributed by atoms with E-state index in [0.717, 1.165) is 0 Å². The molecule has 19 heavy (non-hydrogen) atoms. The van der Waals surface area contributed by atoms with Gasteiger partial charge in [-0.15, -0.1) is 0 Å². The summed E-state index contributed by atoms with van der Waals surface area (Å²) < 4.78 is 26.1. The van der Waals surface area contributed by atoms with Crippen LogP contribution < -0.4 is 0 Å². The summed E-state index contributed by atoms with van der Waals surface area (Å²) in [5.41, 5.74) is 0.663. The molecule has 0 heterocycles. The molecule has 0 atom stereocenters. The van der Waals surface area contributed by atoms with Crippen molar-refractivity contribution in [2.24, 2.45) is 5.92 Å². The molecule has 0 aromatic heterocycles. The highest BCUT2D eigenvalue weighted by molar-refractivity contribution is 6.33. The molecule has 1 aromatic carbocycles. The maximum Gasteiger partial charge on any atom is 0.248 e. The average molecular weight is 307 g/mol. The highest BCUT2D eigenvalue weighted by Gasteiger charge is 2.37. The number of carbonyl (C=O) groups excluding carboxylic acids is 1. The van der Waals surface area contributed by atoms with Gasteiger partial charge in [0.05, 0.1) is 0 Å². The summed E-state index contributed by atoms with van der Waals surface area (Å²) >= 11 is 11.8. The molecule has 2 rings (SSSR count). The molecule has 1 nitrogen and oxygen atoms in total. The van der Waals surface area contributed by atoms with Gasteiger partial charge >= 0.3 is 0 Å². The Labute approximate surface area is 120 Å². The molecule has 0 spiro atoms. The number of benzene rings is 1. The number of halogens is 4. The van der Waals surface area contributed by atoms with Crippen molar-refractivity contribution in [3.8, 4) is 0 Å².